The van der Waals surface area contributed by atoms with Gasteiger partial charge in [-0.3, -0.25) is 5.10 Å². The summed E-state index contributed by atoms with van der Waals surface area (Å²) in [5, 5.41) is 20.3. The number of piperidine rings is 1. The number of benzene rings is 1. The van der Waals surface area contributed by atoms with Gasteiger partial charge in [-0.15, -0.1) is 21.5 Å². The second-order valence-corrected chi connectivity index (χ2v) is 11.9. The maximum atomic E-state index is 4.78. The van der Waals surface area contributed by atoms with Crippen LogP contribution in [0.15, 0.2) is 42.2 Å². The van der Waals surface area contributed by atoms with E-state index in [1.807, 2.05) is 17.9 Å². The average molecular weight is 474 g/mol. The van der Waals surface area contributed by atoms with E-state index < -0.39 is 0 Å². The van der Waals surface area contributed by atoms with Crippen molar-refractivity contribution >= 4 is 27.4 Å². The third-order valence-corrected chi connectivity index (χ3v) is 7.85. The topological polar surface area (TPSA) is 82.6 Å². The molecule has 6 rings (SSSR count). The zero-order chi connectivity index (χ0) is 23.5. The van der Waals surface area contributed by atoms with Crippen LogP contribution in [0, 0.1) is 0 Å². The molecule has 2 N–H and O–H groups in total. The minimum Gasteiger partial charge on any atom is -0.349 e. The predicted octanol–water partition coefficient (Wildman–Crippen LogP) is 5.42. The Balaban J connectivity index is 1.33. The number of aromatic nitrogens is 5. The SMILES string of the molecule is CC1(C)CC(N(c2ccc(-c3ccc(-c4cn[nH]c4)c4ncsc34)nn2)C2CC2)CC(C)(C)N1. The maximum absolute atomic E-state index is 4.78. The van der Waals surface area contributed by atoms with Crippen molar-refractivity contribution in [2.75, 3.05) is 4.90 Å². The smallest absolute Gasteiger partial charge is 0.151 e. The molecule has 4 aromatic rings. The van der Waals surface area contributed by atoms with Crippen molar-refractivity contribution in [3.8, 4) is 22.4 Å². The summed E-state index contributed by atoms with van der Waals surface area (Å²) in [6.07, 6.45) is 8.42. The predicted molar refractivity (Wildman–Crippen MR) is 138 cm³/mol. The van der Waals surface area contributed by atoms with E-state index in [4.69, 9.17) is 10.2 Å². The van der Waals surface area contributed by atoms with Gasteiger partial charge in [0.2, 0.25) is 0 Å². The average Bonchev–Trinajstić information content (AvgIpc) is 3.23. The number of nitrogens with zero attached hydrogens (tertiary/aromatic N) is 5. The minimum absolute atomic E-state index is 0.0986. The van der Waals surface area contributed by atoms with Gasteiger partial charge in [-0.25, -0.2) is 4.98 Å². The first kappa shape index (κ1) is 21.7. The lowest BCUT2D eigenvalue weighted by atomic mass is 9.79. The van der Waals surface area contributed by atoms with Gasteiger partial charge in [-0.05, 0) is 65.5 Å². The van der Waals surface area contributed by atoms with E-state index in [0.717, 1.165) is 51.3 Å². The summed E-state index contributed by atoms with van der Waals surface area (Å²) in [5.41, 5.74) is 7.15. The van der Waals surface area contributed by atoms with Crippen molar-refractivity contribution in [2.45, 2.75) is 76.5 Å². The summed E-state index contributed by atoms with van der Waals surface area (Å²) in [6.45, 7) is 9.26. The molecule has 4 heterocycles. The van der Waals surface area contributed by atoms with E-state index in [2.05, 4.69) is 77.4 Å². The number of aromatic amines is 1. The molecule has 2 fully saturated rings. The van der Waals surface area contributed by atoms with Gasteiger partial charge >= 0.3 is 0 Å². The Labute approximate surface area is 204 Å². The Morgan fingerprint density at radius 3 is 2.35 bits per heavy atom. The van der Waals surface area contributed by atoms with Gasteiger partial charge in [0.15, 0.2) is 5.82 Å². The molecule has 1 saturated carbocycles. The molecule has 2 aliphatic rings. The van der Waals surface area contributed by atoms with E-state index in [-0.39, 0.29) is 11.1 Å². The first-order chi connectivity index (χ1) is 16.3. The van der Waals surface area contributed by atoms with Crippen LogP contribution in [0.3, 0.4) is 0 Å². The molecule has 1 aromatic carbocycles. The summed E-state index contributed by atoms with van der Waals surface area (Å²) in [4.78, 5) is 7.20. The van der Waals surface area contributed by atoms with Crippen LogP contribution in [0.5, 0.6) is 0 Å². The van der Waals surface area contributed by atoms with E-state index in [1.165, 1.54) is 12.8 Å². The summed E-state index contributed by atoms with van der Waals surface area (Å²) < 4.78 is 1.13. The highest BCUT2D eigenvalue weighted by molar-refractivity contribution is 7.17. The van der Waals surface area contributed by atoms with Gasteiger partial charge in [0.05, 0.1) is 27.6 Å². The van der Waals surface area contributed by atoms with E-state index in [9.17, 15) is 0 Å². The standard InChI is InChI=1S/C26H31N7S/c1-25(2)11-18(12-26(3,4)32-25)33(17-5-6-17)22-10-9-21(30-31-22)20-8-7-19(16-13-28-29-14-16)23-24(20)34-15-27-23/h7-10,13-15,17-18,32H,5-6,11-12H2,1-4H3,(H,28,29). The van der Waals surface area contributed by atoms with E-state index >= 15 is 0 Å². The lowest BCUT2D eigenvalue weighted by Gasteiger charge is -2.50. The van der Waals surface area contributed by atoms with Gasteiger partial charge in [-0.2, -0.15) is 5.10 Å². The molecule has 34 heavy (non-hydrogen) atoms. The van der Waals surface area contributed by atoms with E-state index in [0.29, 0.717) is 12.1 Å². The minimum atomic E-state index is 0.0986. The Kier molecular flexibility index (Phi) is 5.00. The Morgan fingerprint density at radius 1 is 0.941 bits per heavy atom. The number of nitrogens with one attached hydrogen (secondary N) is 2. The largest absolute Gasteiger partial charge is 0.349 e. The molecule has 0 amide bonds. The van der Waals surface area contributed by atoms with Crippen LogP contribution in [0.25, 0.3) is 32.6 Å². The van der Waals surface area contributed by atoms with Gasteiger partial charge < -0.3 is 10.2 Å². The summed E-state index contributed by atoms with van der Waals surface area (Å²) in [7, 11) is 0. The summed E-state index contributed by atoms with van der Waals surface area (Å²) in [6, 6.07) is 9.57. The maximum Gasteiger partial charge on any atom is 0.151 e. The molecular formula is C26H31N7S. The van der Waals surface area contributed by atoms with Crippen molar-refractivity contribution in [3.63, 3.8) is 0 Å². The third-order valence-electron chi connectivity index (χ3n) is 6.99. The molecule has 0 unspecified atom stereocenters. The van der Waals surface area contributed by atoms with Gasteiger partial charge in [0.25, 0.3) is 0 Å². The number of anilines is 1. The molecule has 0 spiro atoms. The first-order valence-corrected chi connectivity index (χ1v) is 12.9. The zero-order valence-electron chi connectivity index (χ0n) is 20.2. The Morgan fingerprint density at radius 2 is 1.71 bits per heavy atom. The van der Waals surface area contributed by atoms with Crippen LogP contribution < -0.4 is 10.2 Å². The first-order valence-electron chi connectivity index (χ1n) is 12.1. The van der Waals surface area contributed by atoms with Crippen LogP contribution in [-0.4, -0.2) is 48.5 Å². The Hall–Kier alpha value is -2.84. The fraction of sp³-hybridized carbons (Fsp3) is 0.462. The number of hydrogen-bond donors (Lipinski definition) is 2. The van der Waals surface area contributed by atoms with Gasteiger partial charge in [0.1, 0.15) is 0 Å². The van der Waals surface area contributed by atoms with Crippen molar-refractivity contribution in [1.82, 2.24) is 30.7 Å². The third kappa shape index (κ3) is 3.99. The number of thiazole rings is 1. The van der Waals surface area contributed by atoms with Crippen molar-refractivity contribution in [2.24, 2.45) is 0 Å². The monoisotopic (exact) mass is 473 g/mol. The Bertz CT molecular complexity index is 1290. The lowest BCUT2D eigenvalue weighted by molar-refractivity contribution is 0.157. The highest BCUT2D eigenvalue weighted by Crippen LogP contribution is 2.41. The van der Waals surface area contributed by atoms with Crippen LogP contribution in [-0.2, 0) is 0 Å². The second kappa shape index (κ2) is 7.85. The number of H-pyrrole nitrogens is 1. The fourth-order valence-electron chi connectivity index (χ4n) is 5.88. The molecule has 0 atom stereocenters. The molecule has 8 heteroatoms. The van der Waals surface area contributed by atoms with E-state index in [1.54, 1.807) is 11.3 Å². The molecular weight excluding hydrogens is 442 g/mol. The molecule has 1 aliphatic carbocycles. The molecule has 0 radical (unpaired) electrons. The molecule has 1 saturated heterocycles. The van der Waals surface area contributed by atoms with Crippen molar-refractivity contribution in [1.29, 1.82) is 0 Å². The zero-order valence-corrected chi connectivity index (χ0v) is 21.0. The summed E-state index contributed by atoms with van der Waals surface area (Å²) >= 11 is 1.64. The number of hydrogen-bond acceptors (Lipinski definition) is 7. The summed E-state index contributed by atoms with van der Waals surface area (Å²) in [5.74, 6) is 1.00. The van der Waals surface area contributed by atoms with Crippen LogP contribution >= 0.6 is 11.3 Å². The van der Waals surface area contributed by atoms with Gasteiger partial charge in [-0.1, -0.05) is 12.1 Å². The van der Waals surface area contributed by atoms with Crippen LogP contribution in [0.2, 0.25) is 0 Å². The second-order valence-electron chi connectivity index (χ2n) is 11.0. The van der Waals surface area contributed by atoms with Crippen molar-refractivity contribution in [3.05, 3.63) is 42.2 Å². The molecule has 0 bridgehead atoms. The number of rotatable bonds is 5. The lowest BCUT2D eigenvalue weighted by Crippen LogP contribution is -2.62. The van der Waals surface area contributed by atoms with Gasteiger partial charge in [0, 0.05) is 46.0 Å². The molecule has 3 aromatic heterocycles. The van der Waals surface area contributed by atoms with Crippen molar-refractivity contribution < 1.29 is 0 Å². The molecule has 7 nitrogen and oxygen atoms in total. The fourth-order valence-corrected chi connectivity index (χ4v) is 6.72. The highest BCUT2D eigenvalue weighted by atomic mass is 32.1. The van der Waals surface area contributed by atoms with Crippen LogP contribution in [0.1, 0.15) is 53.4 Å². The normalized spacial score (nSPS) is 20.0. The number of fused-ring (bicyclic) bond motifs is 1. The highest BCUT2D eigenvalue weighted by Gasteiger charge is 2.44. The molecule has 1 aliphatic heterocycles. The quantitative estimate of drug-likeness (QED) is 0.403. The molecule has 176 valence electrons. The van der Waals surface area contributed by atoms with Crippen LogP contribution in [0.4, 0.5) is 5.82 Å².